The summed E-state index contributed by atoms with van der Waals surface area (Å²) in [6.45, 7) is 6.72. The van der Waals surface area contributed by atoms with E-state index < -0.39 is 8.32 Å². The minimum Gasteiger partial charge on any atom is -0.420 e. The van der Waals surface area contributed by atoms with Crippen LogP contribution in [0.5, 0.6) is 0 Å². The van der Waals surface area contributed by atoms with Gasteiger partial charge in [0.2, 0.25) is 0 Å². The Morgan fingerprint density at radius 2 is 1.68 bits per heavy atom. The largest absolute Gasteiger partial charge is 0.420 e. The molecule has 0 amide bonds. The van der Waals surface area contributed by atoms with Crippen LogP contribution in [0.2, 0.25) is 19.1 Å². The highest BCUT2D eigenvalue weighted by Gasteiger charge is 2.18. The first-order valence-corrected chi connectivity index (χ1v) is 10.6. The van der Waals surface area contributed by atoms with Gasteiger partial charge < -0.3 is 9.74 Å². The van der Waals surface area contributed by atoms with Crippen LogP contribution in [0, 0.1) is 0 Å². The van der Waals surface area contributed by atoms with Crippen molar-refractivity contribution in [2.45, 2.75) is 51.4 Å². The maximum absolute atomic E-state index is 5.56. The number of rotatable bonds is 10. The van der Waals surface area contributed by atoms with Crippen LogP contribution in [0.15, 0.2) is 30.3 Å². The summed E-state index contributed by atoms with van der Waals surface area (Å²) in [6.07, 6.45) is 5.27. The SMILES string of the molecule is CO[Si](C)(C)CCCCCCNCc1ccccc1. The second-order valence-corrected chi connectivity index (χ2v) is 10.2. The van der Waals surface area contributed by atoms with Gasteiger partial charge in [-0.25, -0.2) is 0 Å². The Bertz CT molecular complexity index is 327. The zero-order chi connectivity index (χ0) is 14.0. The zero-order valence-electron chi connectivity index (χ0n) is 12.7. The fourth-order valence-electron chi connectivity index (χ4n) is 2.08. The average Bonchev–Trinajstić information content (AvgIpc) is 2.43. The highest BCUT2D eigenvalue weighted by molar-refractivity contribution is 6.71. The minimum absolute atomic E-state index is 0.991. The molecule has 1 aromatic carbocycles. The van der Waals surface area contributed by atoms with Crippen molar-refractivity contribution in [3.63, 3.8) is 0 Å². The molecule has 0 aliphatic carbocycles. The molecule has 0 fully saturated rings. The summed E-state index contributed by atoms with van der Waals surface area (Å²) >= 11 is 0. The van der Waals surface area contributed by atoms with Crippen molar-refractivity contribution >= 4 is 8.32 Å². The molecule has 0 aliphatic heterocycles. The third-order valence-corrected chi connectivity index (χ3v) is 6.27. The van der Waals surface area contributed by atoms with Gasteiger partial charge in [0.25, 0.3) is 0 Å². The first-order valence-electron chi connectivity index (χ1n) is 7.44. The molecule has 2 nitrogen and oxygen atoms in total. The van der Waals surface area contributed by atoms with Gasteiger partial charge in [-0.1, -0.05) is 49.6 Å². The average molecular weight is 279 g/mol. The molecule has 3 heteroatoms. The Morgan fingerprint density at radius 3 is 2.37 bits per heavy atom. The highest BCUT2D eigenvalue weighted by Crippen LogP contribution is 2.15. The predicted molar refractivity (Wildman–Crippen MR) is 85.9 cm³/mol. The van der Waals surface area contributed by atoms with E-state index in [-0.39, 0.29) is 0 Å². The first kappa shape index (κ1) is 16.4. The summed E-state index contributed by atoms with van der Waals surface area (Å²) in [5.41, 5.74) is 1.37. The maximum Gasteiger partial charge on any atom is 0.186 e. The van der Waals surface area contributed by atoms with Crippen molar-refractivity contribution in [1.29, 1.82) is 0 Å². The van der Waals surface area contributed by atoms with E-state index in [1.54, 1.807) is 0 Å². The lowest BCUT2D eigenvalue weighted by Gasteiger charge is -2.19. The van der Waals surface area contributed by atoms with Crippen molar-refractivity contribution in [1.82, 2.24) is 5.32 Å². The second-order valence-electron chi connectivity index (χ2n) is 5.79. The van der Waals surface area contributed by atoms with E-state index in [0.29, 0.717) is 0 Å². The van der Waals surface area contributed by atoms with Crippen LogP contribution in [-0.2, 0) is 11.0 Å². The molecule has 0 saturated carbocycles. The lowest BCUT2D eigenvalue weighted by Crippen LogP contribution is -2.27. The topological polar surface area (TPSA) is 21.3 Å². The third kappa shape index (κ3) is 8.19. The van der Waals surface area contributed by atoms with E-state index in [1.165, 1.54) is 37.3 Å². The monoisotopic (exact) mass is 279 g/mol. The minimum atomic E-state index is -1.31. The van der Waals surface area contributed by atoms with Gasteiger partial charge in [0.15, 0.2) is 8.32 Å². The summed E-state index contributed by atoms with van der Waals surface area (Å²) in [7, 11) is 0.548. The summed E-state index contributed by atoms with van der Waals surface area (Å²) in [6, 6.07) is 11.9. The summed E-state index contributed by atoms with van der Waals surface area (Å²) in [5.74, 6) is 0. The van der Waals surface area contributed by atoms with Gasteiger partial charge in [-0.15, -0.1) is 0 Å². The molecule has 1 N–H and O–H groups in total. The van der Waals surface area contributed by atoms with Crippen molar-refractivity contribution < 1.29 is 4.43 Å². The highest BCUT2D eigenvalue weighted by atomic mass is 28.4. The van der Waals surface area contributed by atoms with E-state index in [2.05, 4.69) is 48.7 Å². The Morgan fingerprint density at radius 1 is 1.00 bits per heavy atom. The van der Waals surface area contributed by atoms with Crippen LogP contribution in [0.3, 0.4) is 0 Å². The number of benzene rings is 1. The molecule has 0 radical (unpaired) electrons. The molecule has 0 saturated heterocycles. The standard InChI is InChI=1S/C16H29NOSi/c1-18-19(2,3)14-10-5-4-9-13-17-15-16-11-7-6-8-12-16/h6-8,11-12,17H,4-5,9-10,13-15H2,1-3H3. The number of hydrogen-bond donors (Lipinski definition) is 1. The Balaban J connectivity index is 1.92. The van der Waals surface area contributed by atoms with Crippen LogP contribution < -0.4 is 5.32 Å². The van der Waals surface area contributed by atoms with E-state index in [1.807, 2.05) is 7.11 Å². The maximum atomic E-state index is 5.56. The van der Waals surface area contributed by atoms with Gasteiger partial charge in [-0.2, -0.15) is 0 Å². The summed E-state index contributed by atoms with van der Waals surface area (Å²) < 4.78 is 5.56. The molecule has 0 heterocycles. The summed E-state index contributed by atoms with van der Waals surface area (Å²) in [5, 5.41) is 3.50. The Hall–Kier alpha value is -0.643. The zero-order valence-corrected chi connectivity index (χ0v) is 13.7. The van der Waals surface area contributed by atoms with Gasteiger partial charge in [-0.3, -0.25) is 0 Å². The molecular formula is C16H29NOSi. The van der Waals surface area contributed by atoms with Crippen molar-refractivity contribution in [2.24, 2.45) is 0 Å². The fraction of sp³-hybridized carbons (Fsp3) is 0.625. The van der Waals surface area contributed by atoms with Crippen LogP contribution in [0.25, 0.3) is 0 Å². The molecule has 1 aromatic rings. The lowest BCUT2D eigenvalue weighted by molar-refractivity contribution is 0.401. The van der Waals surface area contributed by atoms with Crippen LogP contribution in [0.4, 0.5) is 0 Å². The molecule has 0 aliphatic rings. The lowest BCUT2D eigenvalue weighted by atomic mass is 10.2. The van der Waals surface area contributed by atoms with Crippen molar-refractivity contribution in [2.75, 3.05) is 13.7 Å². The van der Waals surface area contributed by atoms with E-state index in [0.717, 1.165) is 13.1 Å². The molecule has 0 atom stereocenters. The molecule has 108 valence electrons. The van der Waals surface area contributed by atoms with Crippen LogP contribution in [-0.4, -0.2) is 22.0 Å². The molecular weight excluding hydrogens is 250 g/mol. The van der Waals surface area contributed by atoms with Gasteiger partial charge in [0.05, 0.1) is 0 Å². The second kappa shape index (κ2) is 9.29. The number of nitrogens with one attached hydrogen (secondary N) is 1. The number of hydrogen-bond acceptors (Lipinski definition) is 2. The smallest absolute Gasteiger partial charge is 0.186 e. The van der Waals surface area contributed by atoms with Gasteiger partial charge in [0, 0.05) is 13.7 Å². The predicted octanol–water partition coefficient (Wildman–Crippen LogP) is 4.19. The van der Waals surface area contributed by atoms with Crippen LogP contribution >= 0.6 is 0 Å². The number of unbranched alkanes of at least 4 members (excludes halogenated alkanes) is 3. The normalized spacial score (nSPS) is 11.7. The Kier molecular flexibility index (Phi) is 8.02. The van der Waals surface area contributed by atoms with Crippen LogP contribution in [0.1, 0.15) is 31.2 Å². The van der Waals surface area contributed by atoms with E-state index in [9.17, 15) is 0 Å². The van der Waals surface area contributed by atoms with Gasteiger partial charge in [0.1, 0.15) is 0 Å². The molecule has 0 unspecified atom stereocenters. The Labute approximate surface area is 119 Å². The van der Waals surface area contributed by atoms with Gasteiger partial charge in [-0.05, 0) is 37.7 Å². The molecule has 0 aromatic heterocycles. The first-order chi connectivity index (χ1) is 9.14. The molecule has 19 heavy (non-hydrogen) atoms. The fourth-order valence-corrected chi connectivity index (χ4v) is 3.39. The van der Waals surface area contributed by atoms with Crippen molar-refractivity contribution in [3.8, 4) is 0 Å². The quantitative estimate of drug-likeness (QED) is 0.512. The van der Waals surface area contributed by atoms with Gasteiger partial charge >= 0.3 is 0 Å². The van der Waals surface area contributed by atoms with E-state index >= 15 is 0 Å². The third-order valence-electron chi connectivity index (χ3n) is 3.61. The van der Waals surface area contributed by atoms with Crippen molar-refractivity contribution in [3.05, 3.63) is 35.9 Å². The summed E-state index contributed by atoms with van der Waals surface area (Å²) in [4.78, 5) is 0. The molecule has 0 spiro atoms. The molecule has 0 bridgehead atoms. The molecule has 1 rings (SSSR count). The van der Waals surface area contributed by atoms with E-state index in [4.69, 9.17) is 4.43 Å².